The molecule has 0 amide bonds. The van der Waals surface area contributed by atoms with E-state index in [0.29, 0.717) is 22.7 Å². The summed E-state index contributed by atoms with van der Waals surface area (Å²) in [5.74, 6) is 4.46. The Balaban J connectivity index is 1.53. The molecule has 3 unspecified atom stereocenters. The largest absolute Gasteiger partial charge is 0.516 e. The van der Waals surface area contributed by atoms with Gasteiger partial charge in [0.05, 0.1) is 6.26 Å². The molecule has 4 rings (SSSR count). The van der Waals surface area contributed by atoms with Gasteiger partial charge in [0.1, 0.15) is 0 Å². The Labute approximate surface area is 186 Å². The zero-order valence-electron chi connectivity index (χ0n) is 20.3. The van der Waals surface area contributed by atoms with E-state index in [4.69, 9.17) is 0 Å². The van der Waals surface area contributed by atoms with Crippen molar-refractivity contribution < 1.29 is 5.11 Å². The molecule has 0 radical (unpaired) electrons. The first-order valence-corrected chi connectivity index (χ1v) is 13.0. The molecule has 0 heterocycles. The molecule has 4 aliphatic carbocycles. The van der Waals surface area contributed by atoms with Gasteiger partial charge in [-0.3, -0.25) is 0 Å². The second-order valence-electron chi connectivity index (χ2n) is 11.9. The Kier molecular flexibility index (Phi) is 6.31. The Hall–Kier alpha value is -0.980. The molecular formula is C29H46O. The van der Waals surface area contributed by atoms with Crippen LogP contribution in [-0.4, -0.2) is 5.11 Å². The smallest absolute Gasteiger partial charge is 0.0786 e. The minimum Gasteiger partial charge on any atom is -0.516 e. The average Bonchev–Trinajstić information content (AvgIpc) is 3.10. The molecular weight excluding hydrogens is 364 g/mol. The van der Waals surface area contributed by atoms with Gasteiger partial charge in [-0.25, -0.2) is 0 Å². The minimum atomic E-state index is 0.377. The van der Waals surface area contributed by atoms with Crippen LogP contribution in [0.2, 0.25) is 0 Å². The summed E-state index contributed by atoms with van der Waals surface area (Å²) in [5, 5.41) is 9.42. The first-order chi connectivity index (χ1) is 14.3. The quantitative estimate of drug-likeness (QED) is 0.355. The lowest BCUT2D eigenvalue weighted by atomic mass is 9.48. The highest BCUT2D eigenvalue weighted by Crippen LogP contribution is 2.66. The van der Waals surface area contributed by atoms with E-state index < -0.39 is 0 Å². The van der Waals surface area contributed by atoms with Crippen LogP contribution in [0.4, 0.5) is 0 Å². The summed E-state index contributed by atoms with van der Waals surface area (Å²) >= 11 is 0. The normalized spacial score (nSPS) is 43.5. The standard InChI is InChI=1S/C29H46O/c1-6-22(21(3)19-30)11-10-20(2)25-14-15-26-24-13-12-23-9-7-8-17-28(23,4)27(24)16-18-29(25,26)5/h10-11,13,19-20,22-23,25-27,30H,6-9,12,14-18H2,1-5H3/t20?,22?,23?,25-,26+,27+,28+,29-/m1/s1. The van der Waals surface area contributed by atoms with Gasteiger partial charge in [0.25, 0.3) is 0 Å². The van der Waals surface area contributed by atoms with Crippen molar-refractivity contribution in [2.45, 2.75) is 98.8 Å². The van der Waals surface area contributed by atoms with Crippen LogP contribution in [0.3, 0.4) is 0 Å². The summed E-state index contributed by atoms with van der Waals surface area (Å²) in [5.41, 5.74) is 4.05. The molecule has 0 saturated heterocycles. The van der Waals surface area contributed by atoms with Gasteiger partial charge in [-0.15, -0.1) is 0 Å². The molecule has 0 aromatic heterocycles. The van der Waals surface area contributed by atoms with Crippen LogP contribution >= 0.6 is 0 Å². The van der Waals surface area contributed by atoms with E-state index in [0.717, 1.165) is 35.7 Å². The topological polar surface area (TPSA) is 20.2 Å². The third-order valence-electron chi connectivity index (χ3n) is 10.6. The predicted octanol–water partition coefficient (Wildman–Crippen LogP) is 8.64. The summed E-state index contributed by atoms with van der Waals surface area (Å²) in [7, 11) is 0. The summed E-state index contributed by atoms with van der Waals surface area (Å²) < 4.78 is 0. The van der Waals surface area contributed by atoms with Gasteiger partial charge in [0, 0.05) is 5.92 Å². The van der Waals surface area contributed by atoms with Gasteiger partial charge in [-0.1, -0.05) is 64.3 Å². The fraction of sp³-hybridized carbons (Fsp3) is 0.793. The van der Waals surface area contributed by atoms with Crippen molar-refractivity contribution in [3.05, 3.63) is 35.6 Å². The molecule has 168 valence electrons. The van der Waals surface area contributed by atoms with E-state index in [1.54, 1.807) is 0 Å². The van der Waals surface area contributed by atoms with Crippen molar-refractivity contribution in [3.63, 3.8) is 0 Å². The number of fused-ring (bicyclic) bond motifs is 5. The van der Waals surface area contributed by atoms with Gasteiger partial charge in [-0.05, 0) is 104 Å². The molecule has 1 N–H and O–H groups in total. The van der Waals surface area contributed by atoms with Crippen molar-refractivity contribution in [1.29, 1.82) is 0 Å². The second kappa shape index (κ2) is 8.51. The zero-order valence-corrected chi connectivity index (χ0v) is 20.3. The van der Waals surface area contributed by atoms with E-state index in [-0.39, 0.29) is 0 Å². The van der Waals surface area contributed by atoms with Gasteiger partial charge >= 0.3 is 0 Å². The second-order valence-corrected chi connectivity index (χ2v) is 11.9. The maximum absolute atomic E-state index is 9.42. The zero-order chi connectivity index (χ0) is 21.5. The number of allylic oxidation sites excluding steroid dienone is 5. The van der Waals surface area contributed by atoms with Crippen LogP contribution in [0.25, 0.3) is 0 Å². The van der Waals surface area contributed by atoms with Gasteiger partial charge in [0.15, 0.2) is 0 Å². The molecule has 0 aromatic rings. The Morgan fingerprint density at radius 3 is 2.57 bits per heavy atom. The van der Waals surface area contributed by atoms with Crippen molar-refractivity contribution in [1.82, 2.24) is 0 Å². The van der Waals surface area contributed by atoms with Crippen molar-refractivity contribution in [2.24, 2.45) is 46.3 Å². The van der Waals surface area contributed by atoms with Crippen LogP contribution in [0, 0.1) is 46.3 Å². The van der Waals surface area contributed by atoms with Crippen molar-refractivity contribution in [2.75, 3.05) is 0 Å². The number of aliphatic hydroxyl groups is 1. The molecule has 4 aliphatic rings. The number of hydrogen-bond acceptors (Lipinski definition) is 1. The highest BCUT2D eigenvalue weighted by Gasteiger charge is 2.57. The third-order valence-corrected chi connectivity index (χ3v) is 10.6. The van der Waals surface area contributed by atoms with Gasteiger partial charge in [0.2, 0.25) is 0 Å². The highest BCUT2D eigenvalue weighted by atomic mass is 16.2. The maximum atomic E-state index is 9.42. The molecule has 8 atom stereocenters. The van der Waals surface area contributed by atoms with Crippen LogP contribution in [0.15, 0.2) is 35.6 Å². The monoisotopic (exact) mass is 410 g/mol. The molecule has 1 nitrogen and oxygen atoms in total. The molecule has 30 heavy (non-hydrogen) atoms. The molecule has 0 bridgehead atoms. The van der Waals surface area contributed by atoms with Crippen molar-refractivity contribution >= 4 is 0 Å². The fourth-order valence-corrected chi connectivity index (χ4v) is 8.60. The van der Waals surface area contributed by atoms with E-state index in [1.165, 1.54) is 64.0 Å². The Morgan fingerprint density at radius 1 is 1.07 bits per heavy atom. The van der Waals surface area contributed by atoms with Crippen molar-refractivity contribution in [3.8, 4) is 0 Å². The molecule has 0 spiro atoms. The van der Waals surface area contributed by atoms with E-state index in [9.17, 15) is 5.11 Å². The summed E-state index contributed by atoms with van der Waals surface area (Å²) in [6, 6.07) is 0. The lowest BCUT2D eigenvalue weighted by Crippen LogP contribution is -2.48. The first-order valence-electron chi connectivity index (χ1n) is 13.0. The molecule has 3 saturated carbocycles. The number of aliphatic hydroxyl groups excluding tert-OH is 1. The van der Waals surface area contributed by atoms with Crippen LogP contribution in [-0.2, 0) is 0 Å². The fourth-order valence-electron chi connectivity index (χ4n) is 8.60. The average molecular weight is 411 g/mol. The van der Waals surface area contributed by atoms with E-state index in [2.05, 4.69) is 45.9 Å². The Bertz CT molecular complexity index is 714. The molecule has 1 heteroatoms. The van der Waals surface area contributed by atoms with E-state index in [1.807, 2.05) is 12.5 Å². The maximum Gasteiger partial charge on any atom is 0.0786 e. The summed E-state index contributed by atoms with van der Waals surface area (Å²) in [4.78, 5) is 0. The molecule has 0 aromatic carbocycles. The van der Waals surface area contributed by atoms with Crippen LogP contribution in [0.5, 0.6) is 0 Å². The summed E-state index contributed by atoms with van der Waals surface area (Å²) in [6.45, 7) is 12.0. The number of hydrogen-bond donors (Lipinski definition) is 1. The number of rotatable bonds is 5. The molecule has 3 fully saturated rings. The third kappa shape index (κ3) is 3.53. The first kappa shape index (κ1) is 22.2. The van der Waals surface area contributed by atoms with E-state index >= 15 is 0 Å². The van der Waals surface area contributed by atoms with Crippen LogP contribution < -0.4 is 0 Å². The SMILES string of the molecule is CCC(C=CC(C)[C@H]1CC[C@H]2C3=CCC4CCCC[C@]4(C)[C@H]3CC[C@]12C)C(C)=CO. The predicted molar refractivity (Wildman–Crippen MR) is 128 cm³/mol. The highest BCUT2D eigenvalue weighted by molar-refractivity contribution is 5.28. The Morgan fingerprint density at radius 2 is 1.83 bits per heavy atom. The van der Waals surface area contributed by atoms with Gasteiger partial charge < -0.3 is 5.11 Å². The lowest BCUT2D eigenvalue weighted by molar-refractivity contribution is -0.00480. The summed E-state index contributed by atoms with van der Waals surface area (Å²) in [6.07, 6.45) is 22.9. The lowest BCUT2D eigenvalue weighted by Gasteiger charge is -2.57. The van der Waals surface area contributed by atoms with Crippen LogP contribution in [0.1, 0.15) is 98.8 Å². The minimum absolute atomic E-state index is 0.377. The van der Waals surface area contributed by atoms with Gasteiger partial charge in [-0.2, -0.15) is 0 Å². The molecule has 0 aliphatic heterocycles.